The Morgan fingerprint density at radius 1 is 1.22 bits per heavy atom. The maximum atomic E-state index is 15.1. The first-order valence-electron chi connectivity index (χ1n) is 9.73. The molecule has 0 fully saturated rings. The molecule has 0 atom stereocenters. The molecule has 3 N–H and O–H groups in total. The van der Waals surface area contributed by atoms with Crippen LogP contribution in [0.25, 0.3) is 27.8 Å². The number of H-pyrrole nitrogens is 1. The Bertz CT molecular complexity index is 1470. The number of nitrogens with one attached hydrogen (secondary N) is 3. The van der Waals surface area contributed by atoms with Gasteiger partial charge in [0.1, 0.15) is 11.4 Å². The number of ether oxygens (including phenoxy) is 1. The second-order valence-corrected chi connectivity index (χ2v) is 6.99. The number of anilines is 2. The Balaban J connectivity index is 1.54. The third-order valence-corrected chi connectivity index (χ3v) is 5.16. The van der Waals surface area contributed by atoms with Crippen molar-refractivity contribution in [3.8, 4) is 17.0 Å². The van der Waals surface area contributed by atoms with E-state index in [0.717, 1.165) is 0 Å². The van der Waals surface area contributed by atoms with E-state index in [-0.39, 0.29) is 17.4 Å². The van der Waals surface area contributed by atoms with Crippen molar-refractivity contribution in [3.05, 3.63) is 66.2 Å². The number of rotatable bonds is 5. The fourth-order valence-electron chi connectivity index (χ4n) is 3.55. The molecular formula is C22H18FN7O2. The van der Waals surface area contributed by atoms with Crippen LogP contribution < -0.4 is 15.4 Å². The number of hydrogen-bond donors (Lipinski definition) is 3. The second-order valence-electron chi connectivity index (χ2n) is 6.99. The van der Waals surface area contributed by atoms with Gasteiger partial charge >= 0.3 is 0 Å². The number of para-hydroxylation sites is 1. The minimum absolute atomic E-state index is 0.114. The lowest BCUT2D eigenvalue weighted by Gasteiger charge is -2.08. The highest BCUT2D eigenvalue weighted by Gasteiger charge is 2.19. The maximum Gasteiger partial charge on any atom is 0.258 e. The van der Waals surface area contributed by atoms with Crippen molar-refractivity contribution in [1.82, 2.24) is 24.8 Å². The van der Waals surface area contributed by atoms with Gasteiger partial charge in [-0.3, -0.25) is 9.89 Å². The molecule has 4 heterocycles. The summed E-state index contributed by atoms with van der Waals surface area (Å²) in [6, 6.07) is 11.9. The summed E-state index contributed by atoms with van der Waals surface area (Å²) in [7, 11) is 3.29. The zero-order chi connectivity index (χ0) is 22.2. The van der Waals surface area contributed by atoms with Gasteiger partial charge in [-0.05, 0) is 24.3 Å². The van der Waals surface area contributed by atoms with Crippen LogP contribution in [0.2, 0.25) is 0 Å². The highest BCUT2D eigenvalue weighted by molar-refractivity contribution is 6.10. The average molecular weight is 431 g/mol. The summed E-state index contributed by atoms with van der Waals surface area (Å²) in [5.74, 6) is -0.130. The van der Waals surface area contributed by atoms with Crippen LogP contribution in [0.3, 0.4) is 0 Å². The number of carbonyl (C=O) groups is 1. The van der Waals surface area contributed by atoms with Gasteiger partial charge in [0.05, 0.1) is 29.8 Å². The first kappa shape index (κ1) is 19.5. The molecule has 0 radical (unpaired) electrons. The van der Waals surface area contributed by atoms with Crippen molar-refractivity contribution in [3.63, 3.8) is 0 Å². The molecule has 5 rings (SSSR count). The molecule has 5 aromatic rings. The molecule has 0 aliphatic heterocycles. The minimum atomic E-state index is -0.567. The molecule has 0 aliphatic rings. The predicted molar refractivity (Wildman–Crippen MR) is 119 cm³/mol. The lowest BCUT2D eigenvalue weighted by molar-refractivity contribution is 0.102. The largest absolute Gasteiger partial charge is 0.497 e. The summed E-state index contributed by atoms with van der Waals surface area (Å²) in [4.78, 5) is 17.1. The second kappa shape index (κ2) is 7.65. The molecular weight excluding hydrogens is 413 g/mol. The van der Waals surface area contributed by atoms with Crippen molar-refractivity contribution in [2.45, 2.75) is 0 Å². The zero-order valence-electron chi connectivity index (χ0n) is 17.2. The smallest absolute Gasteiger partial charge is 0.258 e. The van der Waals surface area contributed by atoms with Gasteiger partial charge in [-0.2, -0.15) is 10.2 Å². The van der Waals surface area contributed by atoms with E-state index in [9.17, 15) is 4.79 Å². The van der Waals surface area contributed by atoms with E-state index in [2.05, 4.69) is 30.9 Å². The zero-order valence-corrected chi connectivity index (χ0v) is 17.2. The van der Waals surface area contributed by atoms with Crippen molar-refractivity contribution in [2.24, 2.45) is 0 Å². The normalized spacial score (nSPS) is 11.1. The number of pyridine rings is 2. The van der Waals surface area contributed by atoms with Gasteiger partial charge in [0.25, 0.3) is 5.91 Å². The van der Waals surface area contributed by atoms with Gasteiger partial charge in [0.15, 0.2) is 17.3 Å². The summed E-state index contributed by atoms with van der Waals surface area (Å²) in [5, 5.41) is 17.2. The van der Waals surface area contributed by atoms with Crippen LogP contribution in [-0.4, -0.2) is 44.9 Å². The summed E-state index contributed by atoms with van der Waals surface area (Å²) >= 11 is 0. The van der Waals surface area contributed by atoms with E-state index in [1.165, 1.54) is 6.07 Å². The molecule has 4 aromatic heterocycles. The van der Waals surface area contributed by atoms with Gasteiger partial charge in [-0.15, -0.1) is 0 Å². The van der Waals surface area contributed by atoms with Crippen LogP contribution in [0.1, 0.15) is 10.4 Å². The molecule has 9 nitrogen and oxygen atoms in total. The Kier molecular flexibility index (Phi) is 4.66. The minimum Gasteiger partial charge on any atom is -0.497 e. The topological polar surface area (TPSA) is 109 Å². The van der Waals surface area contributed by atoms with E-state index in [1.54, 1.807) is 61.4 Å². The molecule has 160 valence electrons. The highest BCUT2D eigenvalue weighted by atomic mass is 19.1. The van der Waals surface area contributed by atoms with E-state index >= 15 is 4.39 Å². The SMILES string of the molecule is CNc1ccccc1C(=O)Nc1n[nH]c2nc(-c3cnn4ccc(OC)cc34)c(F)cc12. The Morgan fingerprint density at radius 3 is 2.88 bits per heavy atom. The van der Waals surface area contributed by atoms with Gasteiger partial charge in [0.2, 0.25) is 0 Å². The maximum absolute atomic E-state index is 15.1. The summed E-state index contributed by atoms with van der Waals surface area (Å²) in [6.07, 6.45) is 3.26. The van der Waals surface area contributed by atoms with E-state index in [1.807, 2.05) is 6.07 Å². The van der Waals surface area contributed by atoms with Crippen molar-refractivity contribution < 1.29 is 13.9 Å². The third-order valence-electron chi connectivity index (χ3n) is 5.16. The van der Waals surface area contributed by atoms with Crippen LogP contribution in [0.5, 0.6) is 5.75 Å². The van der Waals surface area contributed by atoms with Crippen LogP contribution >= 0.6 is 0 Å². The van der Waals surface area contributed by atoms with Crippen LogP contribution in [0.15, 0.2) is 54.9 Å². The van der Waals surface area contributed by atoms with E-state index in [0.29, 0.717) is 39.1 Å². The first-order valence-corrected chi connectivity index (χ1v) is 9.73. The number of benzene rings is 1. The monoisotopic (exact) mass is 431 g/mol. The average Bonchev–Trinajstić information content (AvgIpc) is 3.41. The van der Waals surface area contributed by atoms with Crippen molar-refractivity contribution in [1.29, 1.82) is 0 Å². The summed E-state index contributed by atoms with van der Waals surface area (Å²) < 4.78 is 22.0. The molecule has 32 heavy (non-hydrogen) atoms. The fourth-order valence-corrected chi connectivity index (χ4v) is 3.55. The van der Waals surface area contributed by atoms with Crippen molar-refractivity contribution >= 4 is 34.0 Å². The number of halogens is 1. The number of methoxy groups -OCH3 is 1. The van der Waals surface area contributed by atoms with Crippen LogP contribution in [-0.2, 0) is 0 Å². The number of nitrogens with zero attached hydrogens (tertiary/aromatic N) is 4. The lowest BCUT2D eigenvalue weighted by Crippen LogP contribution is -2.14. The number of aromatic amines is 1. The molecule has 0 aliphatic carbocycles. The van der Waals surface area contributed by atoms with Gasteiger partial charge in [0, 0.05) is 30.6 Å². The van der Waals surface area contributed by atoms with Crippen LogP contribution in [0, 0.1) is 5.82 Å². The molecule has 0 bridgehead atoms. The summed E-state index contributed by atoms with van der Waals surface area (Å²) in [6.45, 7) is 0. The number of amides is 1. The molecule has 0 unspecified atom stereocenters. The van der Waals surface area contributed by atoms with Gasteiger partial charge in [-0.25, -0.2) is 13.9 Å². The number of carbonyl (C=O) groups excluding carboxylic acids is 1. The van der Waals surface area contributed by atoms with Crippen LogP contribution in [0.4, 0.5) is 15.9 Å². The number of fused-ring (bicyclic) bond motifs is 2. The van der Waals surface area contributed by atoms with Crippen molar-refractivity contribution in [2.75, 3.05) is 24.8 Å². The molecule has 0 spiro atoms. The molecule has 0 saturated carbocycles. The quantitative estimate of drug-likeness (QED) is 0.391. The Labute approximate surface area is 181 Å². The molecule has 10 heteroatoms. The highest BCUT2D eigenvalue weighted by Crippen LogP contribution is 2.31. The Morgan fingerprint density at radius 2 is 2.06 bits per heavy atom. The van der Waals surface area contributed by atoms with E-state index in [4.69, 9.17) is 4.74 Å². The standard InChI is InChI=1S/C22H18FN7O2/c1-24-17-6-4-3-5-13(17)22(31)27-21-14-10-16(23)19(26-20(14)28-29-21)15-11-25-30-8-7-12(32-2)9-18(15)30/h3-11,24H,1-2H3,(H2,26,27,28,29,31). The Hall–Kier alpha value is -4.47. The fraction of sp³-hybridized carbons (Fsp3) is 0.0909. The summed E-state index contributed by atoms with van der Waals surface area (Å²) in [5.41, 5.74) is 2.71. The first-order chi connectivity index (χ1) is 15.6. The number of hydrogen-bond acceptors (Lipinski definition) is 6. The lowest BCUT2D eigenvalue weighted by atomic mass is 10.1. The van der Waals surface area contributed by atoms with Gasteiger partial charge < -0.3 is 15.4 Å². The molecule has 1 amide bonds. The number of aromatic nitrogens is 5. The molecule has 0 saturated heterocycles. The third kappa shape index (κ3) is 3.18. The predicted octanol–water partition coefficient (Wildman–Crippen LogP) is 3.71. The molecule has 1 aromatic carbocycles. The van der Waals surface area contributed by atoms with Gasteiger partial charge in [-0.1, -0.05) is 12.1 Å². The van der Waals surface area contributed by atoms with E-state index < -0.39 is 5.82 Å².